The van der Waals surface area contributed by atoms with Crippen molar-refractivity contribution in [2.75, 3.05) is 31.0 Å². The topological polar surface area (TPSA) is 112 Å². The molecular weight excluding hydrogens is 504 g/mol. The summed E-state index contributed by atoms with van der Waals surface area (Å²) in [6, 6.07) is 12.7. The Bertz CT molecular complexity index is 1680. The standard InChI is InChI=1S/C28H30N4O5S/c1-16-6-8-22(17(2)12-16)30-28(33)21-14-23(19-7-9-24(36-4)25(13-19)37-5)29-27-26(21)18(3)31-32(27)20-10-11-38(34,35)15-20/h6-9,12-14,20H,10-11,15H2,1-5H3,(H,30,33). The molecule has 0 aliphatic carbocycles. The van der Waals surface area contributed by atoms with Gasteiger partial charge in [0.15, 0.2) is 27.0 Å². The third-order valence-corrected chi connectivity index (χ3v) is 8.70. The summed E-state index contributed by atoms with van der Waals surface area (Å²) in [6.45, 7) is 5.76. The molecule has 38 heavy (non-hydrogen) atoms. The number of amides is 1. The number of sulfone groups is 1. The molecular formula is C28H30N4O5S. The highest BCUT2D eigenvalue weighted by atomic mass is 32.2. The number of fused-ring (bicyclic) bond motifs is 1. The van der Waals surface area contributed by atoms with E-state index in [2.05, 4.69) is 10.4 Å². The van der Waals surface area contributed by atoms with Gasteiger partial charge in [-0.3, -0.25) is 4.79 Å². The SMILES string of the molecule is COc1ccc(-c2cc(C(=O)Nc3ccc(C)cc3C)c3c(C)nn(C4CCS(=O)(=O)C4)c3n2)cc1OC. The number of methoxy groups -OCH3 is 2. The van der Waals surface area contributed by atoms with Crippen molar-refractivity contribution < 1.29 is 22.7 Å². The van der Waals surface area contributed by atoms with Crippen LogP contribution >= 0.6 is 0 Å². The Morgan fingerprint density at radius 2 is 1.79 bits per heavy atom. The number of nitrogens with zero attached hydrogens (tertiary/aromatic N) is 3. The largest absolute Gasteiger partial charge is 0.493 e. The molecule has 1 fully saturated rings. The third-order valence-electron chi connectivity index (χ3n) is 6.95. The normalized spacial score (nSPS) is 16.5. The van der Waals surface area contributed by atoms with E-state index in [9.17, 15) is 13.2 Å². The van der Waals surface area contributed by atoms with Gasteiger partial charge in [0.25, 0.3) is 5.91 Å². The summed E-state index contributed by atoms with van der Waals surface area (Å²) in [6.07, 6.45) is 0.449. The molecule has 1 unspecified atom stereocenters. The van der Waals surface area contributed by atoms with Crippen LogP contribution in [0.5, 0.6) is 11.5 Å². The maximum Gasteiger partial charge on any atom is 0.256 e. The van der Waals surface area contributed by atoms with Gasteiger partial charge in [-0.2, -0.15) is 5.10 Å². The average Bonchev–Trinajstić information content (AvgIpc) is 3.43. The molecule has 1 amide bonds. The first-order valence-electron chi connectivity index (χ1n) is 12.3. The molecule has 1 N–H and O–H groups in total. The maximum atomic E-state index is 13.7. The minimum Gasteiger partial charge on any atom is -0.493 e. The molecule has 0 radical (unpaired) electrons. The molecule has 1 aliphatic rings. The van der Waals surface area contributed by atoms with Crippen LogP contribution in [0.2, 0.25) is 0 Å². The molecule has 0 saturated carbocycles. The summed E-state index contributed by atoms with van der Waals surface area (Å²) in [7, 11) is -0.0364. The van der Waals surface area contributed by atoms with Gasteiger partial charge in [0.05, 0.1) is 54.1 Å². The van der Waals surface area contributed by atoms with Gasteiger partial charge >= 0.3 is 0 Å². The molecule has 4 aromatic rings. The molecule has 198 valence electrons. The molecule has 0 spiro atoms. The number of benzene rings is 2. The predicted octanol–water partition coefficient (Wildman–Crippen LogP) is 4.65. The number of pyridine rings is 1. The van der Waals surface area contributed by atoms with Crippen molar-refractivity contribution >= 4 is 32.5 Å². The zero-order valence-electron chi connectivity index (χ0n) is 22.0. The van der Waals surface area contributed by atoms with Crippen LogP contribution in [0.15, 0.2) is 42.5 Å². The highest BCUT2D eigenvalue weighted by molar-refractivity contribution is 7.91. The zero-order valence-corrected chi connectivity index (χ0v) is 22.8. The summed E-state index contributed by atoms with van der Waals surface area (Å²) >= 11 is 0. The summed E-state index contributed by atoms with van der Waals surface area (Å²) in [5, 5.41) is 8.32. The van der Waals surface area contributed by atoms with E-state index < -0.39 is 9.84 Å². The Morgan fingerprint density at radius 1 is 1.03 bits per heavy atom. The van der Waals surface area contributed by atoms with Crippen LogP contribution in [0.3, 0.4) is 0 Å². The van der Waals surface area contributed by atoms with E-state index in [0.29, 0.717) is 51.6 Å². The van der Waals surface area contributed by atoms with E-state index in [1.165, 1.54) is 0 Å². The highest BCUT2D eigenvalue weighted by Crippen LogP contribution is 2.35. The number of hydrogen-bond acceptors (Lipinski definition) is 7. The molecule has 1 saturated heterocycles. The van der Waals surface area contributed by atoms with Crippen LogP contribution in [0.1, 0.15) is 39.6 Å². The number of ether oxygens (including phenoxy) is 2. The Kier molecular flexibility index (Phi) is 6.60. The highest BCUT2D eigenvalue weighted by Gasteiger charge is 2.32. The summed E-state index contributed by atoms with van der Waals surface area (Å²) < 4.78 is 37.0. The van der Waals surface area contributed by atoms with Crippen molar-refractivity contribution in [3.05, 3.63) is 64.8 Å². The Balaban J connectivity index is 1.69. The lowest BCUT2D eigenvalue weighted by atomic mass is 10.0. The van der Waals surface area contributed by atoms with Crippen molar-refractivity contribution in [1.29, 1.82) is 0 Å². The second kappa shape index (κ2) is 9.75. The zero-order chi connectivity index (χ0) is 27.2. The van der Waals surface area contributed by atoms with Gasteiger partial charge in [0.2, 0.25) is 0 Å². The molecule has 1 aliphatic heterocycles. The van der Waals surface area contributed by atoms with E-state index in [4.69, 9.17) is 14.5 Å². The first-order valence-corrected chi connectivity index (χ1v) is 14.1. The van der Waals surface area contributed by atoms with Crippen molar-refractivity contribution in [3.63, 3.8) is 0 Å². The van der Waals surface area contributed by atoms with Crippen LogP contribution in [0, 0.1) is 20.8 Å². The van der Waals surface area contributed by atoms with Crippen LogP contribution < -0.4 is 14.8 Å². The van der Waals surface area contributed by atoms with E-state index in [1.54, 1.807) is 37.1 Å². The number of aryl methyl sites for hydroxylation is 3. The van der Waals surface area contributed by atoms with E-state index in [0.717, 1.165) is 16.7 Å². The molecule has 1 atom stereocenters. The van der Waals surface area contributed by atoms with E-state index in [1.807, 2.05) is 45.0 Å². The third kappa shape index (κ3) is 4.71. The molecule has 5 rings (SSSR count). The van der Waals surface area contributed by atoms with Crippen LogP contribution in [0.25, 0.3) is 22.3 Å². The molecule has 9 nitrogen and oxygen atoms in total. The summed E-state index contributed by atoms with van der Waals surface area (Å²) in [4.78, 5) is 18.6. The number of aromatic nitrogens is 3. The quantitative estimate of drug-likeness (QED) is 0.383. The van der Waals surface area contributed by atoms with Crippen molar-refractivity contribution in [3.8, 4) is 22.8 Å². The Labute approximate surface area is 221 Å². The second-order valence-corrected chi connectivity index (χ2v) is 11.9. The van der Waals surface area contributed by atoms with Crippen LogP contribution in [0.4, 0.5) is 5.69 Å². The van der Waals surface area contributed by atoms with Crippen LogP contribution in [-0.2, 0) is 9.84 Å². The Morgan fingerprint density at radius 3 is 2.45 bits per heavy atom. The predicted molar refractivity (Wildman–Crippen MR) is 147 cm³/mol. The van der Waals surface area contributed by atoms with Gasteiger partial charge in [-0.25, -0.2) is 18.1 Å². The number of carbonyl (C=O) groups excluding carboxylic acids is 1. The number of rotatable bonds is 6. The summed E-state index contributed by atoms with van der Waals surface area (Å²) in [5.41, 5.74) is 5.51. The van der Waals surface area contributed by atoms with E-state index in [-0.39, 0.29) is 23.5 Å². The second-order valence-electron chi connectivity index (χ2n) is 9.68. The first-order chi connectivity index (χ1) is 18.1. The minimum atomic E-state index is -3.16. The van der Waals surface area contributed by atoms with Gasteiger partial charge < -0.3 is 14.8 Å². The number of anilines is 1. The van der Waals surface area contributed by atoms with Gasteiger partial charge in [-0.15, -0.1) is 0 Å². The fraction of sp³-hybridized carbons (Fsp3) is 0.321. The smallest absolute Gasteiger partial charge is 0.256 e. The fourth-order valence-corrected chi connectivity index (χ4v) is 6.69. The van der Waals surface area contributed by atoms with Crippen molar-refractivity contribution in [1.82, 2.24) is 14.8 Å². The monoisotopic (exact) mass is 534 g/mol. The lowest BCUT2D eigenvalue weighted by Gasteiger charge is -2.14. The van der Waals surface area contributed by atoms with Gasteiger partial charge in [-0.05, 0) is 63.1 Å². The summed E-state index contributed by atoms with van der Waals surface area (Å²) in [5.74, 6) is 0.901. The lowest BCUT2D eigenvalue weighted by molar-refractivity contribution is 0.102. The average molecular weight is 535 g/mol. The van der Waals surface area contributed by atoms with E-state index >= 15 is 0 Å². The maximum absolute atomic E-state index is 13.7. The van der Waals surface area contributed by atoms with Gasteiger partial charge in [0, 0.05) is 11.3 Å². The van der Waals surface area contributed by atoms with Crippen LogP contribution in [-0.4, -0.2) is 54.8 Å². The minimum absolute atomic E-state index is 0.00439. The Hall–Kier alpha value is -3.92. The molecule has 3 heterocycles. The van der Waals surface area contributed by atoms with Gasteiger partial charge in [-0.1, -0.05) is 17.7 Å². The first kappa shape index (κ1) is 25.7. The molecule has 10 heteroatoms. The molecule has 2 aromatic heterocycles. The van der Waals surface area contributed by atoms with Crippen molar-refractivity contribution in [2.45, 2.75) is 33.2 Å². The molecule has 2 aromatic carbocycles. The number of hydrogen-bond donors (Lipinski definition) is 1. The fourth-order valence-electron chi connectivity index (χ4n) is 5.00. The van der Waals surface area contributed by atoms with Gasteiger partial charge in [0.1, 0.15) is 0 Å². The molecule has 0 bridgehead atoms. The number of carbonyl (C=O) groups is 1. The number of nitrogens with one attached hydrogen (secondary N) is 1. The van der Waals surface area contributed by atoms with Crippen molar-refractivity contribution in [2.24, 2.45) is 0 Å². The lowest BCUT2D eigenvalue weighted by Crippen LogP contribution is -2.15.